The van der Waals surface area contributed by atoms with Crippen LogP contribution in [0.25, 0.3) is 0 Å². The number of carbonyl (C=O) groups is 1. The summed E-state index contributed by atoms with van der Waals surface area (Å²) in [6.45, 7) is 2.32. The Morgan fingerprint density at radius 2 is 2.18 bits per heavy atom. The average molecular weight is 307 g/mol. The molecule has 0 unspecified atom stereocenters. The fourth-order valence-electron chi connectivity index (χ4n) is 3.70. The number of ether oxygens (including phenoxy) is 1. The standard InChI is InChI=1S/C15H21N3O4/c1-2-10(19)16-8-7-15-6-4-3-5-9(15)11-12(20)17-14(21)18-13(11)22-15/h9H,2-8H2,1H3,(H,16,19)(H2,17,18,20,21)/t9-,15+/m1/s1. The third-order valence-corrected chi connectivity index (χ3v) is 4.77. The molecule has 2 aliphatic rings. The maximum atomic E-state index is 12.1. The van der Waals surface area contributed by atoms with Gasteiger partial charge in [-0.2, -0.15) is 0 Å². The number of H-pyrrole nitrogens is 2. The van der Waals surface area contributed by atoms with Crippen LogP contribution in [-0.4, -0.2) is 28.0 Å². The molecule has 120 valence electrons. The zero-order valence-electron chi connectivity index (χ0n) is 12.7. The second-order valence-corrected chi connectivity index (χ2v) is 6.07. The van der Waals surface area contributed by atoms with Crippen LogP contribution < -0.4 is 21.3 Å². The van der Waals surface area contributed by atoms with Crippen molar-refractivity contribution >= 4 is 5.91 Å². The minimum absolute atomic E-state index is 0.00512. The van der Waals surface area contributed by atoms with Gasteiger partial charge in [0, 0.05) is 25.3 Å². The molecular formula is C15H21N3O4. The smallest absolute Gasteiger partial charge is 0.328 e. The van der Waals surface area contributed by atoms with Crippen molar-refractivity contribution in [2.45, 2.75) is 57.0 Å². The third-order valence-electron chi connectivity index (χ3n) is 4.77. The van der Waals surface area contributed by atoms with E-state index in [1.165, 1.54) is 0 Å². The number of rotatable bonds is 4. The van der Waals surface area contributed by atoms with E-state index in [1.807, 2.05) is 6.92 Å². The van der Waals surface area contributed by atoms with Gasteiger partial charge in [0.2, 0.25) is 11.8 Å². The molecule has 1 fully saturated rings. The Morgan fingerprint density at radius 3 is 2.95 bits per heavy atom. The van der Waals surface area contributed by atoms with Crippen LogP contribution >= 0.6 is 0 Å². The number of aromatic amines is 2. The molecule has 1 aromatic rings. The molecule has 1 saturated carbocycles. The van der Waals surface area contributed by atoms with E-state index in [1.54, 1.807) is 0 Å². The van der Waals surface area contributed by atoms with E-state index in [4.69, 9.17) is 4.74 Å². The molecule has 0 aromatic carbocycles. The topological polar surface area (TPSA) is 104 Å². The van der Waals surface area contributed by atoms with Crippen LogP contribution in [0.2, 0.25) is 0 Å². The number of nitrogens with one attached hydrogen (secondary N) is 3. The highest BCUT2D eigenvalue weighted by Gasteiger charge is 2.51. The predicted octanol–water partition coefficient (Wildman–Crippen LogP) is 0.768. The molecule has 0 bridgehead atoms. The highest BCUT2D eigenvalue weighted by molar-refractivity contribution is 5.75. The summed E-state index contributed by atoms with van der Waals surface area (Å²) >= 11 is 0. The number of aromatic nitrogens is 2. The number of hydrogen-bond donors (Lipinski definition) is 3. The van der Waals surface area contributed by atoms with Crippen LogP contribution in [0.5, 0.6) is 5.88 Å². The van der Waals surface area contributed by atoms with Crippen molar-refractivity contribution in [2.75, 3.05) is 6.54 Å². The van der Waals surface area contributed by atoms with Gasteiger partial charge in [-0.1, -0.05) is 13.3 Å². The summed E-state index contributed by atoms with van der Waals surface area (Å²) in [5, 5.41) is 2.86. The first-order valence-corrected chi connectivity index (χ1v) is 7.88. The van der Waals surface area contributed by atoms with Crippen LogP contribution in [0.1, 0.15) is 56.9 Å². The lowest BCUT2D eigenvalue weighted by Gasteiger charge is -2.38. The number of hydrogen-bond acceptors (Lipinski definition) is 4. The van der Waals surface area contributed by atoms with E-state index in [0.717, 1.165) is 25.7 Å². The molecule has 7 heteroatoms. The molecule has 3 N–H and O–H groups in total. The van der Waals surface area contributed by atoms with Crippen LogP contribution in [0.15, 0.2) is 9.59 Å². The molecule has 0 radical (unpaired) electrons. The summed E-state index contributed by atoms with van der Waals surface area (Å²) in [5.41, 5.74) is -0.832. The quantitative estimate of drug-likeness (QED) is 0.764. The summed E-state index contributed by atoms with van der Waals surface area (Å²) in [6.07, 6.45) is 4.84. The van der Waals surface area contributed by atoms with E-state index in [9.17, 15) is 14.4 Å². The molecule has 0 saturated heterocycles. The molecule has 1 aliphatic carbocycles. The first kappa shape index (κ1) is 14.9. The van der Waals surface area contributed by atoms with Gasteiger partial charge >= 0.3 is 5.69 Å². The van der Waals surface area contributed by atoms with Gasteiger partial charge in [0.15, 0.2) is 0 Å². The van der Waals surface area contributed by atoms with Gasteiger partial charge in [-0.3, -0.25) is 19.6 Å². The summed E-state index contributed by atoms with van der Waals surface area (Å²) < 4.78 is 6.05. The Hall–Kier alpha value is -2.05. The minimum atomic E-state index is -0.545. The summed E-state index contributed by atoms with van der Waals surface area (Å²) in [5.74, 6) is 0.295. The fraction of sp³-hybridized carbons (Fsp3) is 0.667. The second kappa shape index (κ2) is 5.62. The molecule has 1 aliphatic heterocycles. The second-order valence-electron chi connectivity index (χ2n) is 6.07. The molecule has 2 atom stereocenters. The Kier molecular flexibility index (Phi) is 3.80. The third kappa shape index (κ3) is 2.44. The van der Waals surface area contributed by atoms with E-state index < -0.39 is 11.3 Å². The average Bonchev–Trinajstić information content (AvgIpc) is 2.80. The van der Waals surface area contributed by atoms with Crippen molar-refractivity contribution in [1.82, 2.24) is 15.3 Å². The number of fused-ring (bicyclic) bond motifs is 3. The zero-order valence-corrected chi connectivity index (χ0v) is 12.7. The fourth-order valence-corrected chi connectivity index (χ4v) is 3.70. The maximum Gasteiger partial charge on any atom is 0.328 e. The Balaban J connectivity index is 1.87. The van der Waals surface area contributed by atoms with Crippen molar-refractivity contribution < 1.29 is 9.53 Å². The Bertz CT molecular complexity index is 693. The lowest BCUT2D eigenvalue weighted by atomic mass is 9.72. The van der Waals surface area contributed by atoms with Gasteiger partial charge in [0.05, 0.1) is 5.56 Å². The monoisotopic (exact) mass is 307 g/mol. The lowest BCUT2D eigenvalue weighted by Crippen LogP contribution is -2.44. The normalized spacial score (nSPS) is 26.0. The molecule has 0 spiro atoms. The number of carbonyl (C=O) groups excluding carboxylic acids is 1. The molecule has 1 amide bonds. The van der Waals surface area contributed by atoms with Crippen molar-refractivity contribution in [3.05, 3.63) is 26.4 Å². The van der Waals surface area contributed by atoms with Crippen molar-refractivity contribution in [2.24, 2.45) is 0 Å². The van der Waals surface area contributed by atoms with E-state index in [-0.39, 0.29) is 17.4 Å². The first-order chi connectivity index (χ1) is 10.6. The van der Waals surface area contributed by atoms with Crippen LogP contribution in [0.3, 0.4) is 0 Å². The number of amides is 1. The minimum Gasteiger partial charge on any atom is -0.471 e. The molecule has 7 nitrogen and oxygen atoms in total. The van der Waals surface area contributed by atoms with E-state index in [2.05, 4.69) is 15.3 Å². The van der Waals surface area contributed by atoms with E-state index >= 15 is 0 Å². The maximum absolute atomic E-state index is 12.1. The Morgan fingerprint density at radius 1 is 1.36 bits per heavy atom. The molecule has 3 rings (SSSR count). The van der Waals surface area contributed by atoms with Crippen LogP contribution in [0, 0.1) is 0 Å². The first-order valence-electron chi connectivity index (χ1n) is 7.88. The zero-order chi connectivity index (χ0) is 15.7. The van der Waals surface area contributed by atoms with Crippen molar-refractivity contribution in [3.8, 4) is 5.88 Å². The van der Waals surface area contributed by atoms with Gasteiger partial charge in [0.25, 0.3) is 5.56 Å². The Labute approximate surface area is 127 Å². The van der Waals surface area contributed by atoms with Gasteiger partial charge < -0.3 is 10.1 Å². The SMILES string of the molecule is CCC(=O)NCC[C@@]12CCCC[C@@H]1c1c([nH]c(=O)[nH]c1=O)O2. The van der Waals surface area contributed by atoms with Crippen LogP contribution in [0.4, 0.5) is 0 Å². The van der Waals surface area contributed by atoms with Gasteiger partial charge in [-0.25, -0.2) is 4.79 Å². The van der Waals surface area contributed by atoms with Gasteiger partial charge in [-0.15, -0.1) is 0 Å². The van der Waals surface area contributed by atoms with Crippen molar-refractivity contribution in [1.29, 1.82) is 0 Å². The highest BCUT2D eigenvalue weighted by atomic mass is 16.5. The molecule has 22 heavy (non-hydrogen) atoms. The summed E-state index contributed by atoms with van der Waals surface area (Å²) in [4.78, 5) is 39.9. The van der Waals surface area contributed by atoms with Crippen molar-refractivity contribution in [3.63, 3.8) is 0 Å². The summed E-state index contributed by atoms with van der Waals surface area (Å²) in [6, 6.07) is 0. The van der Waals surface area contributed by atoms with E-state index in [0.29, 0.717) is 30.8 Å². The van der Waals surface area contributed by atoms with Gasteiger partial charge in [0.1, 0.15) is 5.60 Å². The largest absolute Gasteiger partial charge is 0.471 e. The predicted molar refractivity (Wildman–Crippen MR) is 80.2 cm³/mol. The molecular weight excluding hydrogens is 286 g/mol. The summed E-state index contributed by atoms with van der Waals surface area (Å²) in [7, 11) is 0. The van der Waals surface area contributed by atoms with Gasteiger partial charge in [-0.05, 0) is 19.3 Å². The highest BCUT2D eigenvalue weighted by Crippen LogP contribution is 2.51. The lowest BCUT2D eigenvalue weighted by molar-refractivity contribution is -0.121. The van der Waals surface area contributed by atoms with Crippen LogP contribution in [-0.2, 0) is 4.79 Å². The molecule has 1 aromatic heterocycles. The molecule has 2 heterocycles.